The van der Waals surface area contributed by atoms with Gasteiger partial charge in [0.05, 0.1) is 16.6 Å². The molecule has 37 heavy (non-hydrogen) atoms. The van der Waals surface area contributed by atoms with Crippen molar-refractivity contribution in [2.75, 3.05) is 23.8 Å². The number of hydrogen-bond acceptors (Lipinski definition) is 5. The van der Waals surface area contributed by atoms with Crippen molar-refractivity contribution in [2.45, 2.75) is 62.0 Å². The first kappa shape index (κ1) is 25.8. The SMILES string of the molecule is Cc1ccc(C)c(NC(=O)C2N(CCCCO)C(=O)[C@@H]3[C@H](C(=O)Nc4ccccc4)[C@]4(C)CCC23S4)c1. The third-order valence-corrected chi connectivity index (χ3v) is 10.3. The lowest BCUT2D eigenvalue weighted by atomic mass is 9.66. The minimum Gasteiger partial charge on any atom is -0.396 e. The van der Waals surface area contributed by atoms with Gasteiger partial charge in [-0.2, -0.15) is 0 Å². The van der Waals surface area contributed by atoms with Crippen molar-refractivity contribution in [1.29, 1.82) is 0 Å². The molecule has 2 unspecified atom stereocenters. The van der Waals surface area contributed by atoms with E-state index in [1.807, 2.05) is 62.4 Å². The Hall–Kier alpha value is -2.84. The van der Waals surface area contributed by atoms with Crippen molar-refractivity contribution in [1.82, 2.24) is 4.90 Å². The van der Waals surface area contributed by atoms with E-state index in [0.29, 0.717) is 31.5 Å². The van der Waals surface area contributed by atoms with Crippen LogP contribution in [0.2, 0.25) is 0 Å². The summed E-state index contributed by atoms with van der Waals surface area (Å²) >= 11 is 1.67. The van der Waals surface area contributed by atoms with Crippen molar-refractivity contribution >= 4 is 40.9 Å². The molecule has 3 heterocycles. The molecule has 3 saturated heterocycles. The van der Waals surface area contributed by atoms with Gasteiger partial charge in [0.25, 0.3) is 0 Å². The summed E-state index contributed by atoms with van der Waals surface area (Å²) in [5.41, 5.74) is 3.45. The third-order valence-electron chi connectivity index (χ3n) is 8.31. The van der Waals surface area contributed by atoms with Gasteiger partial charge in [0.2, 0.25) is 17.7 Å². The van der Waals surface area contributed by atoms with Crippen LogP contribution in [-0.2, 0) is 14.4 Å². The van der Waals surface area contributed by atoms with E-state index in [0.717, 1.165) is 23.2 Å². The number of carbonyl (C=O) groups excluding carboxylic acids is 3. The summed E-state index contributed by atoms with van der Waals surface area (Å²) in [6, 6.07) is 14.6. The molecule has 1 spiro atoms. The van der Waals surface area contributed by atoms with Crippen molar-refractivity contribution in [3.8, 4) is 0 Å². The van der Waals surface area contributed by atoms with Crippen molar-refractivity contribution in [3.63, 3.8) is 0 Å². The van der Waals surface area contributed by atoms with Crippen LogP contribution in [-0.4, -0.2) is 56.4 Å². The van der Waals surface area contributed by atoms with Crippen molar-refractivity contribution in [2.24, 2.45) is 11.8 Å². The van der Waals surface area contributed by atoms with E-state index >= 15 is 0 Å². The zero-order valence-electron chi connectivity index (χ0n) is 21.6. The topological polar surface area (TPSA) is 98.7 Å². The van der Waals surface area contributed by atoms with Crippen LogP contribution < -0.4 is 10.6 Å². The molecule has 8 heteroatoms. The van der Waals surface area contributed by atoms with Gasteiger partial charge in [0.15, 0.2) is 0 Å². The number of benzene rings is 2. The number of carbonyl (C=O) groups is 3. The summed E-state index contributed by atoms with van der Waals surface area (Å²) in [5.74, 6) is -1.58. The van der Waals surface area contributed by atoms with Gasteiger partial charge in [-0.25, -0.2) is 0 Å². The molecule has 5 atom stereocenters. The lowest BCUT2D eigenvalue weighted by molar-refractivity contribution is -0.139. The quantitative estimate of drug-likeness (QED) is 0.454. The molecule has 0 saturated carbocycles. The Morgan fingerprint density at radius 1 is 1.05 bits per heavy atom. The molecule has 2 aromatic rings. The number of amides is 3. The second-order valence-electron chi connectivity index (χ2n) is 10.9. The van der Waals surface area contributed by atoms with E-state index in [1.165, 1.54) is 0 Å². The number of thioether (sulfide) groups is 1. The van der Waals surface area contributed by atoms with Crippen molar-refractivity contribution < 1.29 is 19.5 Å². The molecule has 196 valence electrons. The molecule has 7 nitrogen and oxygen atoms in total. The van der Waals surface area contributed by atoms with Gasteiger partial charge in [-0.05, 0) is 75.8 Å². The number of unbranched alkanes of at least 4 members (excludes halogenated alkanes) is 1. The van der Waals surface area contributed by atoms with Crippen LogP contribution in [0.3, 0.4) is 0 Å². The highest BCUT2D eigenvalue weighted by Crippen LogP contribution is 2.71. The molecular weight excluding hydrogens is 486 g/mol. The Morgan fingerprint density at radius 2 is 1.81 bits per heavy atom. The highest BCUT2D eigenvalue weighted by Gasteiger charge is 2.77. The number of hydrogen-bond donors (Lipinski definition) is 3. The summed E-state index contributed by atoms with van der Waals surface area (Å²) in [7, 11) is 0. The number of para-hydroxylation sites is 1. The predicted octanol–water partition coefficient (Wildman–Crippen LogP) is 4.13. The predicted molar refractivity (Wildman–Crippen MR) is 146 cm³/mol. The van der Waals surface area contributed by atoms with E-state index in [2.05, 4.69) is 17.6 Å². The Balaban J connectivity index is 1.50. The van der Waals surface area contributed by atoms with Crippen LogP contribution in [0.1, 0.15) is 43.7 Å². The number of aliphatic hydroxyl groups is 1. The normalized spacial score (nSPS) is 29.9. The molecule has 3 aliphatic rings. The van der Waals surface area contributed by atoms with Gasteiger partial charge < -0.3 is 20.6 Å². The second-order valence-corrected chi connectivity index (χ2v) is 12.7. The highest BCUT2D eigenvalue weighted by atomic mass is 32.2. The monoisotopic (exact) mass is 521 g/mol. The summed E-state index contributed by atoms with van der Waals surface area (Å²) in [4.78, 5) is 43.4. The van der Waals surface area contributed by atoms with Crippen LogP contribution in [0.5, 0.6) is 0 Å². The number of aliphatic hydroxyl groups excluding tert-OH is 1. The zero-order chi connectivity index (χ0) is 26.4. The number of aryl methyl sites for hydroxylation is 2. The number of fused-ring (bicyclic) bond motifs is 1. The van der Waals surface area contributed by atoms with Gasteiger partial charge in [-0.3, -0.25) is 14.4 Å². The van der Waals surface area contributed by atoms with Crippen LogP contribution in [0.4, 0.5) is 11.4 Å². The largest absolute Gasteiger partial charge is 0.396 e. The minimum atomic E-state index is -0.676. The Labute approximate surface area is 222 Å². The maximum absolute atomic E-state index is 14.1. The van der Waals surface area contributed by atoms with Crippen molar-refractivity contribution in [3.05, 3.63) is 59.7 Å². The zero-order valence-corrected chi connectivity index (χ0v) is 22.4. The molecule has 2 bridgehead atoms. The minimum absolute atomic E-state index is 0.0326. The lowest BCUT2D eigenvalue weighted by Gasteiger charge is -2.35. The van der Waals surface area contributed by atoms with E-state index in [-0.39, 0.29) is 24.3 Å². The summed E-state index contributed by atoms with van der Waals surface area (Å²) in [5, 5.41) is 15.5. The first-order valence-corrected chi connectivity index (χ1v) is 13.9. The van der Waals surface area contributed by atoms with Gasteiger partial charge in [-0.1, -0.05) is 30.3 Å². The molecule has 3 amide bonds. The fourth-order valence-electron chi connectivity index (χ4n) is 6.57. The fraction of sp³-hybridized carbons (Fsp3) is 0.483. The average molecular weight is 522 g/mol. The molecule has 3 aliphatic heterocycles. The Morgan fingerprint density at radius 3 is 2.54 bits per heavy atom. The molecule has 5 rings (SSSR count). The van der Waals surface area contributed by atoms with Crippen LogP contribution in [0.15, 0.2) is 48.5 Å². The van der Waals surface area contributed by atoms with Gasteiger partial charge in [-0.15, -0.1) is 11.8 Å². The van der Waals surface area contributed by atoms with Crippen LogP contribution >= 0.6 is 11.8 Å². The van der Waals surface area contributed by atoms with Crippen LogP contribution in [0.25, 0.3) is 0 Å². The van der Waals surface area contributed by atoms with Gasteiger partial charge >= 0.3 is 0 Å². The first-order valence-electron chi connectivity index (χ1n) is 13.1. The van der Waals surface area contributed by atoms with E-state index in [9.17, 15) is 19.5 Å². The average Bonchev–Trinajstić information content (AvgIpc) is 3.43. The molecule has 3 N–H and O–H groups in total. The Bertz CT molecular complexity index is 1220. The maximum Gasteiger partial charge on any atom is 0.248 e. The molecule has 0 radical (unpaired) electrons. The number of likely N-dealkylation sites (tertiary alicyclic amines) is 1. The number of rotatable bonds is 8. The second kappa shape index (κ2) is 9.80. The molecular formula is C29H35N3O4S. The number of anilines is 2. The molecule has 0 aliphatic carbocycles. The first-order chi connectivity index (χ1) is 17.7. The standard InChI is InChI=1S/C29H35N3O4S/c1-18-11-12-19(2)21(17-18)31-26(35)24-29-14-13-28(3,37-29)22(25(34)30-20-9-5-4-6-10-20)23(29)27(36)32(24)15-7-8-16-33/h4-6,9-12,17,22-24,33H,7-8,13-16H2,1-3H3,(H,30,34)(H,31,35)/t22-,23+,24?,28+,29?/m1/s1. The summed E-state index contributed by atoms with van der Waals surface area (Å²) in [6.07, 6.45) is 2.63. The molecule has 2 aromatic carbocycles. The summed E-state index contributed by atoms with van der Waals surface area (Å²) < 4.78 is -1.08. The molecule has 3 fully saturated rings. The van der Waals surface area contributed by atoms with Gasteiger partial charge in [0.1, 0.15) is 6.04 Å². The molecule has 0 aromatic heterocycles. The summed E-state index contributed by atoms with van der Waals surface area (Å²) in [6.45, 7) is 6.42. The smallest absolute Gasteiger partial charge is 0.248 e. The van der Waals surface area contributed by atoms with E-state index < -0.39 is 27.4 Å². The van der Waals surface area contributed by atoms with E-state index in [1.54, 1.807) is 16.7 Å². The maximum atomic E-state index is 14.1. The van der Waals surface area contributed by atoms with E-state index in [4.69, 9.17) is 0 Å². The van der Waals surface area contributed by atoms with Crippen LogP contribution in [0, 0.1) is 25.7 Å². The lowest BCUT2D eigenvalue weighted by Crippen LogP contribution is -2.52. The highest BCUT2D eigenvalue weighted by molar-refractivity contribution is 8.02. The number of nitrogens with zero attached hydrogens (tertiary/aromatic N) is 1. The van der Waals surface area contributed by atoms with Gasteiger partial charge in [0, 0.05) is 29.3 Å². The number of nitrogens with one attached hydrogen (secondary N) is 2. The third kappa shape index (κ3) is 4.34. The fourth-order valence-corrected chi connectivity index (χ4v) is 8.93. The Kier molecular flexibility index (Phi) is 6.83.